The Hall–Kier alpha value is -2.21. The van der Waals surface area contributed by atoms with Crippen molar-refractivity contribution in [3.63, 3.8) is 0 Å². The molecule has 0 aromatic rings. The number of nitriles is 1. The van der Waals surface area contributed by atoms with E-state index < -0.39 is 47.6 Å². The summed E-state index contributed by atoms with van der Waals surface area (Å²) in [4.78, 5) is 23.5. The lowest BCUT2D eigenvalue weighted by molar-refractivity contribution is -0.156. The van der Waals surface area contributed by atoms with E-state index in [0.717, 1.165) is 5.01 Å². The monoisotopic (exact) mass is 322 g/mol. The topological polar surface area (TPSA) is 114 Å². The lowest BCUT2D eigenvalue weighted by atomic mass is 9.80. The molecule has 3 heterocycles. The number of esters is 1. The average Bonchev–Trinajstić information content (AvgIpc) is 3.04. The van der Waals surface area contributed by atoms with E-state index in [4.69, 9.17) is 14.2 Å². The van der Waals surface area contributed by atoms with Gasteiger partial charge in [-0.1, -0.05) is 5.22 Å². The largest absolute Gasteiger partial charge is 0.442 e. The Morgan fingerprint density at radius 2 is 2.13 bits per heavy atom. The summed E-state index contributed by atoms with van der Waals surface area (Å²) in [7, 11) is 0. The number of carbonyl (C=O) groups excluding carboxylic acids is 2. The highest BCUT2D eigenvalue weighted by Gasteiger charge is 2.69. The van der Waals surface area contributed by atoms with E-state index in [1.54, 1.807) is 20.8 Å². The van der Waals surface area contributed by atoms with Crippen molar-refractivity contribution in [3.05, 3.63) is 0 Å². The fourth-order valence-electron chi connectivity index (χ4n) is 3.28. The van der Waals surface area contributed by atoms with Crippen molar-refractivity contribution < 1.29 is 23.8 Å². The third-order valence-electron chi connectivity index (χ3n) is 3.99. The molecule has 0 unspecified atom stereocenters. The minimum atomic E-state index is -1.37. The quantitative estimate of drug-likeness (QED) is 0.673. The Balaban J connectivity index is 1.79. The van der Waals surface area contributed by atoms with E-state index in [-0.39, 0.29) is 6.42 Å². The molecule has 9 heteroatoms. The highest BCUT2D eigenvalue weighted by atomic mass is 16.6. The van der Waals surface area contributed by atoms with Crippen molar-refractivity contribution in [3.8, 4) is 6.07 Å². The molecule has 2 fully saturated rings. The summed E-state index contributed by atoms with van der Waals surface area (Å²) in [5, 5.41) is 18.5. The first kappa shape index (κ1) is 15.7. The standard InChI is InChI=1S/C14H18N4O5/c1-7(19)22-14(6-15)5-8-10-9(11(14)21-8)16-17-18(10)12(20)23-13(2,3)4/h8-11H,5H2,1-4H3/t8-,9+,10-,11+,14+/m1/s1. The number of carbonyl (C=O) groups is 2. The Labute approximate surface area is 133 Å². The molecule has 2 bridgehead atoms. The molecule has 0 N–H and O–H groups in total. The van der Waals surface area contributed by atoms with Crippen LogP contribution in [0.4, 0.5) is 4.79 Å². The Bertz CT molecular complexity index is 622. The van der Waals surface area contributed by atoms with Gasteiger partial charge in [-0.15, -0.1) is 0 Å². The van der Waals surface area contributed by atoms with E-state index in [0.29, 0.717) is 0 Å². The van der Waals surface area contributed by atoms with Gasteiger partial charge in [0.15, 0.2) is 0 Å². The zero-order chi connectivity index (χ0) is 17.0. The van der Waals surface area contributed by atoms with Crippen molar-refractivity contribution in [2.75, 3.05) is 0 Å². The average molecular weight is 322 g/mol. The summed E-state index contributed by atoms with van der Waals surface area (Å²) >= 11 is 0. The molecule has 2 saturated heterocycles. The van der Waals surface area contributed by atoms with E-state index >= 15 is 0 Å². The van der Waals surface area contributed by atoms with Gasteiger partial charge in [0.1, 0.15) is 29.9 Å². The molecule has 1 amide bonds. The van der Waals surface area contributed by atoms with Gasteiger partial charge in [-0.3, -0.25) is 4.79 Å². The summed E-state index contributed by atoms with van der Waals surface area (Å²) in [6, 6.07) is 1.05. The molecule has 0 saturated carbocycles. The van der Waals surface area contributed by atoms with Crippen LogP contribution in [0.3, 0.4) is 0 Å². The molecule has 0 spiro atoms. The molecule has 3 aliphatic rings. The first-order valence-electron chi connectivity index (χ1n) is 7.36. The summed E-state index contributed by atoms with van der Waals surface area (Å²) < 4.78 is 16.3. The maximum absolute atomic E-state index is 12.2. The Morgan fingerprint density at radius 3 is 2.70 bits per heavy atom. The molecule has 3 aliphatic heterocycles. The Morgan fingerprint density at radius 1 is 1.43 bits per heavy atom. The lowest BCUT2D eigenvalue weighted by Gasteiger charge is -2.33. The van der Waals surface area contributed by atoms with Gasteiger partial charge in [-0.25, -0.2) is 4.79 Å². The van der Waals surface area contributed by atoms with Crippen LogP contribution < -0.4 is 0 Å². The third kappa shape index (κ3) is 2.43. The number of hydrogen-bond donors (Lipinski definition) is 0. The SMILES string of the molecule is CC(=O)O[C@]1(C#N)C[C@H]2O[C@H]1[C@H]1N=NN(C(=O)OC(C)(C)C)[C@@H]12. The van der Waals surface area contributed by atoms with E-state index in [2.05, 4.69) is 10.3 Å². The number of rotatable bonds is 1. The number of amides is 1. The van der Waals surface area contributed by atoms with Crippen LogP contribution in [0.5, 0.6) is 0 Å². The highest BCUT2D eigenvalue weighted by molar-refractivity contribution is 5.69. The number of fused-ring (bicyclic) bond motifs is 5. The summed E-state index contributed by atoms with van der Waals surface area (Å²) in [6.45, 7) is 6.52. The molecule has 0 aromatic carbocycles. The van der Waals surface area contributed by atoms with Gasteiger partial charge in [0, 0.05) is 13.3 Å². The molecule has 0 radical (unpaired) electrons. The van der Waals surface area contributed by atoms with Crippen molar-refractivity contribution in [2.45, 2.75) is 69.6 Å². The van der Waals surface area contributed by atoms with Gasteiger partial charge < -0.3 is 14.2 Å². The molecular weight excluding hydrogens is 304 g/mol. The molecule has 23 heavy (non-hydrogen) atoms. The second kappa shape index (κ2) is 4.89. The van der Waals surface area contributed by atoms with Crippen LogP contribution in [0.15, 0.2) is 10.3 Å². The van der Waals surface area contributed by atoms with Gasteiger partial charge in [-0.05, 0) is 20.8 Å². The van der Waals surface area contributed by atoms with E-state index in [1.807, 2.05) is 6.07 Å². The summed E-state index contributed by atoms with van der Waals surface area (Å²) in [5.41, 5.74) is -2.03. The third-order valence-corrected chi connectivity index (χ3v) is 3.99. The van der Waals surface area contributed by atoms with Gasteiger partial charge in [0.05, 0.1) is 6.10 Å². The lowest BCUT2D eigenvalue weighted by Crippen LogP contribution is -2.56. The minimum Gasteiger partial charge on any atom is -0.442 e. The van der Waals surface area contributed by atoms with Gasteiger partial charge in [-0.2, -0.15) is 15.4 Å². The minimum absolute atomic E-state index is 0.180. The number of ether oxygens (including phenoxy) is 3. The van der Waals surface area contributed by atoms with Crippen LogP contribution in [0, 0.1) is 11.3 Å². The number of hydrogen-bond acceptors (Lipinski definition) is 8. The predicted molar refractivity (Wildman–Crippen MR) is 73.9 cm³/mol. The van der Waals surface area contributed by atoms with Crippen molar-refractivity contribution in [2.24, 2.45) is 10.3 Å². The zero-order valence-electron chi connectivity index (χ0n) is 13.3. The maximum atomic E-state index is 12.2. The fraction of sp³-hybridized carbons (Fsp3) is 0.786. The second-order valence-electron chi connectivity index (χ2n) is 6.91. The second-order valence-corrected chi connectivity index (χ2v) is 6.91. The van der Waals surface area contributed by atoms with Gasteiger partial charge >= 0.3 is 12.1 Å². The molecule has 9 nitrogen and oxygen atoms in total. The van der Waals surface area contributed by atoms with Gasteiger partial charge in [0.2, 0.25) is 5.60 Å². The first-order valence-corrected chi connectivity index (χ1v) is 7.36. The maximum Gasteiger partial charge on any atom is 0.432 e. The van der Waals surface area contributed by atoms with Crippen LogP contribution in [-0.4, -0.2) is 52.6 Å². The van der Waals surface area contributed by atoms with Crippen LogP contribution in [0.2, 0.25) is 0 Å². The van der Waals surface area contributed by atoms with E-state index in [1.165, 1.54) is 6.92 Å². The summed E-state index contributed by atoms with van der Waals surface area (Å²) in [6.07, 6.45) is -1.65. The molecule has 124 valence electrons. The van der Waals surface area contributed by atoms with Crippen LogP contribution in [0.1, 0.15) is 34.1 Å². The summed E-state index contributed by atoms with van der Waals surface area (Å²) in [5.74, 6) is -0.557. The van der Waals surface area contributed by atoms with Crippen LogP contribution in [-0.2, 0) is 19.0 Å². The van der Waals surface area contributed by atoms with Crippen molar-refractivity contribution in [1.82, 2.24) is 5.01 Å². The highest BCUT2D eigenvalue weighted by Crippen LogP contribution is 2.49. The van der Waals surface area contributed by atoms with Crippen LogP contribution in [0.25, 0.3) is 0 Å². The fourth-order valence-corrected chi connectivity index (χ4v) is 3.28. The van der Waals surface area contributed by atoms with Crippen LogP contribution >= 0.6 is 0 Å². The smallest absolute Gasteiger partial charge is 0.432 e. The molecule has 0 aliphatic carbocycles. The van der Waals surface area contributed by atoms with Gasteiger partial charge in [0.25, 0.3) is 0 Å². The van der Waals surface area contributed by atoms with Crippen molar-refractivity contribution in [1.29, 1.82) is 5.26 Å². The molecule has 3 rings (SSSR count). The molecular formula is C14H18N4O5. The zero-order valence-corrected chi connectivity index (χ0v) is 13.3. The Kier molecular flexibility index (Phi) is 3.33. The first-order chi connectivity index (χ1) is 10.7. The van der Waals surface area contributed by atoms with E-state index in [9.17, 15) is 14.9 Å². The molecule has 5 atom stereocenters. The number of nitrogens with zero attached hydrogens (tertiary/aromatic N) is 4. The normalized spacial score (nSPS) is 37.4. The predicted octanol–water partition coefficient (Wildman–Crippen LogP) is 1.34. The molecule has 0 aromatic heterocycles. The van der Waals surface area contributed by atoms with Crippen molar-refractivity contribution >= 4 is 12.1 Å².